The van der Waals surface area contributed by atoms with Crippen molar-refractivity contribution < 1.29 is 45.5 Å². The van der Waals surface area contributed by atoms with Gasteiger partial charge in [0, 0.05) is 17.7 Å². The van der Waals surface area contributed by atoms with E-state index in [0.717, 1.165) is 7.11 Å². The first kappa shape index (κ1) is 27.7. The minimum absolute atomic E-state index is 0.000199. The highest BCUT2D eigenvalue weighted by Crippen LogP contribution is 2.39. The lowest BCUT2D eigenvalue weighted by molar-refractivity contribution is 0.0701. The molecule has 0 saturated carbocycles. The van der Waals surface area contributed by atoms with Crippen LogP contribution in [0.5, 0.6) is 11.5 Å². The van der Waals surface area contributed by atoms with Crippen molar-refractivity contribution in [3.8, 4) is 11.5 Å². The standard InChI is InChI=1S/C24H22F4N2O6S/c1-10-14(9-15-17(25)19(27)22(36-4)20(28)18(15)26)16(24(31)30-32)23(11(2)21(10)29)37(33,34)13-7-5-12(35-3)6-8-13/h5-8,32H,9,29H2,1-4H3,(H,30,31). The molecule has 3 rings (SSSR count). The molecule has 0 spiro atoms. The molecule has 0 atom stereocenters. The van der Waals surface area contributed by atoms with Gasteiger partial charge in [0.05, 0.1) is 29.6 Å². The number of methoxy groups -OCH3 is 2. The van der Waals surface area contributed by atoms with E-state index < -0.39 is 67.2 Å². The maximum absolute atomic E-state index is 14.8. The number of hydrogen-bond acceptors (Lipinski definition) is 7. The molecule has 4 N–H and O–H groups in total. The summed E-state index contributed by atoms with van der Waals surface area (Å²) < 4.78 is 95.0. The van der Waals surface area contributed by atoms with Gasteiger partial charge >= 0.3 is 0 Å². The van der Waals surface area contributed by atoms with Crippen molar-refractivity contribution in [3.05, 3.63) is 75.4 Å². The molecule has 0 radical (unpaired) electrons. The molecule has 8 nitrogen and oxygen atoms in total. The lowest BCUT2D eigenvalue weighted by Gasteiger charge is -2.22. The van der Waals surface area contributed by atoms with Gasteiger partial charge in [0.1, 0.15) is 5.75 Å². The summed E-state index contributed by atoms with van der Waals surface area (Å²) in [7, 11) is -2.37. The van der Waals surface area contributed by atoms with Crippen LogP contribution in [0, 0.1) is 37.1 Å². The van der Waals surface area contributed by atoms with Crippen LogP contribution in [0.3, 0.4) is 0 Å². The van der Waals surface area contributed by atoms with Crippen molar-refractivity contribution in [2.45, 2.75) is 30.1 Å². The number of amides is 1. The van der Waals surface area contributed by atoms with E-state index in [1.165, 1.54) is 50.7 Å². The second-order valence-corrected chi connectivity index (χ2v) is 9.80. The van der Waals surface area contributed by atoms with Crippen molar-refractivity contribution in [2.75, 3.05) is 20.0 Å². The molecule has 0 aliphatic rings. The first-order valence-corrected chi connectivity index (χ1v) is 12.0. The van der Waals surface area contributed by atoms with E-state index in [2.05, 4.69) is 4.74 Å². The van der Waals surface area contributed by atoms with Crippen LogP contribution >= 0.6 is 0 Å². The monoisotopic (exact) mass is 542 g/mol. The first-order chi connectivity index (χ1) is 17.3. The molecule has 1 amide bonds. The molecule has 13 heteroatoms. The Bertz CT molecular complexity index is 1480. The molecule has 3 aromatic carbocycles. The zero-order chi connectivity index (χ0) is 27.8. The van der Waals surface area contributed by atoms with Gasteiger partial charge in [-0.25, -0.2) is 22.7 Å². The predicted octanol–water partition coefficient (Wildman–Crippen LogP) is 4.00. The Balaban J connectivity index is 2.41. The SMILES string of the molecule is COc1ccc(S(=O)(=O)c2c(C)c(N)c(C)c(Cc3c(F)c(F)c(OC)c(F)c3F)c2C(=O)NO)cc1. The summed E-state index contributed by atoms with van der Waals surface area (Å²) in [6, 6.07) is 5.08. The second kappa shape index (κ2) is 10.3. The fraction of sp³-hybridized carbons (Fsp3) is 0.208. The summed E-state index contributed by atoms with van der Waals surface area (Å²) in [6.45, 7) is 2.62. The van der Waals surface area contributed by atoms with Gasteiger partial charge in [-0.05, 0) is 54.8 Å². The Labute approximate surface area is 209 Å². The van der Waals surface area contributed by atoms with Crippen molar-refractivity contribution >= 4 is 21.4 Å². The van der Waals surface area contributed by atoms with Crippen molar-refractivity contribution in [2.24, 2.45) is 0 Å². The molecule has 0 heterocycles. The van der Waals surface area contributed by atoms with Gasteiger partial charge in [-0.1, -0.05) is 0 Å². The van der Waals surface area contributed by atoms with Gasteiger partial charge < -0.3 is 15.2 Å². The molecule has 198 valence electrons. The smallest absolute Gasteiger partial charge is 0.276 e. The van der Waals surface area contributed by atoms with Gasteiger partial charge in [-0.2, -0.15) is 8.78 Å². The zero-order valence-corrected chi connectivity index (χ0v) is 20.8. The third kappa shape index (κ3) is 4.55. The number of rotatable bonds is 7. The van der Waals surface area contributed by atoms with Crippen LogP contribution in [0.15, 0.2) is 34.1 Å². The second-order valence-electron chi connectivity index (χ2n) is 7.91. The number of hydrogen-bond donors (Lipinski definition) is 3. The number of nitrogen functional groups attached to an aromatic ring is 1. The largest absolute Gasteiger partial charge is 0.497 e. The quantitative estimate of drug-likeness (QED) is 0.135. The van der Waals surface area contributed by atoms with Crippen LogP contribution in [0.25, 0.3) is 0 Å². The van der Waals surface area contributed by atoms with Crippen LogP contribution < -0.4 is 20.7 Å². The van der Waals surface area contributed by atoms with Gasteiger partial charge in [0.25, 0.3) is 5.91 Å². The number of anilines is 1. The van der Waals surface area contributed by atoms with E-state index in [0.29, 0.717) is 5.75 Å². The molecule has 3 aromatic rings. The van der Waals surface area contributed by atoms with E-state index in [4.69, 9.17) is 10.5 Å². The fourth-order valence-electron chi connectivity index (χ4n) is 3.97. The average Bonchev–Trinajstić information content (AvgIpc) is 2.89. The third-order valence-corrected chi connectivity index (χ3v) is 7.91. The Kier molecular flexibility index (Phi) is 7.70. The molecule has 0 unspecified atom stereocenters. The number of ether oxygens (including phenoxy) is 2. The number of halogens is 4. The summed E-state index contributed by atoms with van der Waals surface area (Å²) in [5.74, 6) is -9.60. The summed E-state index contributed by atoms with van der Waals surface area (Å²) in [4.78, 5) is 11.8. The maximum atomic E-state index is 14.8. The number of benzene rings is 3. The van der Waals surface area contributed by atoms with Crippen LogP contribution in [-0.4, -0.2) is 33.8 Å². The number of carbonyl (C=O) groups excluding carboxylic acids is 1. The number of sulfone groups is 1. The van der Waals surface area contributed by atoms with Crippen molar-refractivity contribution in [1.82, 2.24) is 5.48 Å². The Morgan fingerprint density at radius 2 is 1.46 bits per heavy atom. The van der Waals surface area contributed by atoms with E-state index in [1.54, 1.807) is 0 Å². The van der Waals surface area contributed by atoms with Crippen LogP contribution in [0.4, 0.5) is 23.2 Å². The number of nitrogens with two attached hydrogens (primary N) is 1. The Hall–Kier alpha value is -3.84. The highest BCUT2D eigenvalue weighted by atomic mass is 32.2. The molecular weight excluding hydrogens is 520 g/mol. The van der Waals surface area contributed by atoms with E-state index in [1.807, 2.05) is 0 Å². The number of nitrogens with one attached hydrogen (secondary N) is 1. The molecule has 0 saturated heterocycles. The van der Waals surface area contributed by atoms with Crippen molar-refractivity contribution in [1.29, 1.82) is 0 Å². The fourth-order valence-corrected chi connectivity index (χ4v) is 5.70. The summed E-state index contributed by atoms with van der Waals surface area (Å²) >= 11 is 0. The molecule has 37 heavy (non-hydrogen) atoms. The van der Waals surface area contributed by atoms with Crippen molar-refractivity contribution in [3.63, 3.8) is 0 Å². The van der Waals surface area contributed by atoms with Gasteiger partial charge in [0.2, 0.25) is 21.5 Å². The van der Waals surface area contributed by atoms with Gasteiger partial charge in [-0.3, -0.25) is 10.0 Å². The molecule has 0 aromatic heterocycles. The maximum Gasteiger partial charge on any atom is 0.276 e. The average molecular weight is 543 g/mol. The minimum atomic E-state index is -4.54. The zero-order valence-electron chi connectivity index (χ0n) is 20.0. The summed E-state index contributed by atoms with van der Waals surface area (Å²) in [5.41, 5.74) is 4.93. The van der Waals surface area contributed by atoms with Crippen LogP contribution in [0.1, 0.15) is 32.6 Å². The normalized spacial score (nSPS) is 11.4. The number of carbonyl (C=O) groups is 1. The molecule has 0 bridgehead atoms. The topological polar surface area (TPSA) is 128 Å². The first-order valence-electron chi connectivity index (χ1n) is 10.5. The Morgan fingerprint density at radius 3 is 1.92 bits per heavy atom. The van der Waals surface area contributed by atoms with Gasteiger partial charge in [0.15, 0.2) is 17.4 Å². The van der Waals surface area contributed by atoms with Crippen LogP contribution in [-0.2, 0) is 16.3 Å². The predicted molar refractivity (Wildman–Crippen MR) is 124 cm³/mol. The van der Waals surface area contributed by atoms with E-state index in [9.17, 15) is 36.0 Å². The Morgan fingerprint density at radius 1 is 0.919 bits per heavy atom. The molecule has 0 fully saturated rings. The summed E-state index contributed by atoms with van der Waals surface area (Å²) in [6.07, 6.45) is -1.00. The van der Waals surface area contributed by atoms with E-state index in [-0.39, 0.29) is 27.3 Å². The lowest BCUT2D eigenvalue weighted by atomic mass is 9.90. The highest BCUT2D eigenvalue weighted by molar-refractivity contribution is 7.91. The molecule has 0 aliphatic carbocycles. The lowest BCUT2D eigenvalue weighted by Crippen LogP contribution is -2.26. The number of hydroxylamine groups is 1. The third-order valence-electron chi connectivity index (χ3n) is 5.97. The molecule has 0 aliphatic heterocycles. The van der Waals surface area contributed by atoms with Crippen LogP contribution in [0.2, 0.25) is 0 Å². The van der Waals surface area contributed by atoms with Gasteiger partial charge in [-0.15, -0.1) is 0 Å². The molecular formula is C24H22F4N2O6S. The minimum Gasteiger partial charge on any atom is -0.497 e. The van der Waals surface area contributed by atoms with E-state index >= 15 is 0 Å². The highest BCUT2D eigenvalue weighted by Gasteiger charge is 2.34. The summed E-state index contributed by atoms with van der Waals surface area (Å²) in [5, 5.41) is 9.40.